The molecule has 1 spiro atoms. The van der Waals surface area contributed by atoms with E-state index >= 15 is 0 Å². The highest BCUT2D eigenvalue weighted by atomic mass is 16.2. The number of nitrogens with one attached hydrogen (secondary N) is 1. The van der Waals surface area contributed by atoms with Gasteiger partial charge < -0.3 is 9.80 Å². The average molecular weight is 253 g/mol. The third kappa shape index (κ3) is 2.28. The molecular weight excluding hydrogens is 226 g/mol. The highest BCUT2D eigenvalue weighted by Crippen LogP contribution is 2.37. The van der Waals surface area contributed by atoms with Crippen molar-refractivity contribution in [2.24, 2.45) is 0 Å². The topological polar surface area (TPSA) is 35.6 Å². The number of amides is 1. The molecule has 2 rings (SSSR count). The van der Waals surface area contributed by atoms with Crippen molar-refractivity contribution >= 4 is 5.91 Å². The summed E-state index contributed by atoms with van der Waals surface area (Å²) in [6.45, 7) is 5.25. The van der Waals surface area contributed by atoms with E-state index < -0.39 is 0 Å². The van der Waals surface area contributed by atoms with Crippen molar-refractivity contribution in [1.82, 2.24) is 15.1 Å². The minimum Gasteiger partial charge on any atom is -0.322 e. The Labute approximate surface area is 111 Å². The number of carbonyl (C=O) groups excluding carboxylic acids is 1. The lowest BCUT2D eigenvalue weighted by Crippen LogP contribution is -2.47. The fourth-order valence-corrected chi connectivity index (χ4v) is 3.60. The van der Waals surface area contributed by atoms with Gasteiger partial charge in [0.15, 0.2) is 0 Å². The van der Waals surface area contributed by atoms with Gasteiger partial charge in [0, 0.05) is 12.6 Å². The lowest BCUT2D eigenvalue weighted by molar-refractivity contribution is -0.135. The van der Waals surface area contributed by atoms with E-state index in [-0.39, 0.29) is 17.7 Å². The second kappa shape index (κ2) is 5.17. The van der Waals surface area contributed by atoms with Gasteiger partial charge in [-0.1, -0.05) is 19.8 Å². The quantitative estimate of drug-likeness (QED) is 0.823. The molecule has 1 N–H and O–H groups in total. The van der Waals surface area contributed by atoms with Gasteiger partial charge in [-0.3, -0.25) is 10.1 Å². The molecule has 1 heterocycles. The molecule has 104 valence electrons. The summed E-state index contributed by atoms with van der Waals surface area (Å²) in [7, 11) is 4.13. The zero-order chi connectivity index (χ0) is 13.3. The lowest BCUT2D eigenvalue weighted by Gasteiger charge is -2.31. The van der Waals surface area contributed by atoms with Crippen molar-refractivity contribution in [3.63, 3.8) is 0 Å². The van der Waals surface area contributed by atoms with Crippen molar-refractivity contribution < 1.29 is 4.79 Å². The highest BCUT2D eigenvalue weighted by molar-refractivity contribution is 5.89. The number of rotatable bonds is 4. The Balaban J connectivity index is 2.15. The second-order valence-corrected chi connectivity index (χ2v) is 6.18. The maximum atomic E-state index is 12.8. The Morgan fingerprint density at radius 1 is 1.44 bits per heavy atom. The summed E-state index contributed by atoms with van der Waals surface area (Å²) in [5.41, 5.74) is -0.221. The van der Waals surface area contributed by atoms with Crippen LogP contribution < -0.4 is 5.32 Å². The number of nitrogens with zero attached hydrogens (tertiary/aromatic N) is 2. The Bertz CT molecular complexity index is 310. The first kappa shape index (κ1) is 13.8. The van der Waals surface area contributed by atoms with Gasteiger partial charge in [-0.25, -0.2) is 0 Å². The van der Waals surface area contributed by atoms with Crippen LogP contribution in [0.1, 0.15) is 46.0 Å². The summed E-state index contributed by atoms with van der Waals surface area (Å²) < 4.78 is 0. The molecule has 1 aliphatic carbocycles. The molecule has 0 bridgehead atoms. The monoisotopic (exact) mass is 253 g/mol. The molecule has 1 amide bonds. The zero-order valence-corrected chi connectivity index (χ0v) is 12.2. The van der Waals surface area contributed by atoms with Crippen molar-refractivity contribution in [1.29, 1.82) is 0 Å². The Hall–Kier alpha value is -0.610. The molecule has 4 heteroatoms. The largest absolute Gasteiger partial charge is 0.322 e. The normalized spacial score (nSPS) is 28.6. The molecule has 0 aromatic heterocycles. The summed E-state index contributed by atoms with van der Waals surface area (Å²) in [4.78, 5) is 17.0. The van der Waals surface area contributed by atoms with Gasteiger partial charge in [0.25, 0.3) is 0 Å². The molecule has 2 atom stereocenters. The smallest absolute Gasteiger partial charge is 0.244 e. The molecule has 0 aromatic carbocycles. The first-order valence-corrected chi connectivity index (χ1v) is 7.25. The summed E-state index contributed by atoms with van der Waals surface area (Å²) in [5.74, 6) is 0.348. The highest BCUT2D eigenvalue weighted by Gasteiger charge is 2.52. The van der Waals surface area contributed by atoms with E-state index in [1.54, 1.807) is 0 Å². The molecule has 2 aliphatic rings. The van der Waals surface area contributed by atoms with E-state index in [0.717, 1.165) is 25.8 Å². The van der Waals surface area contributed by atoms with Crippen molar-refractivity contribution in [3.8, 4) is 0 Å². The third-order valence-electron chi connectivity index (χ3n) is 4.37. The van der Waals surface area contributed by atoms with E-state index in [9.17, 15) is 4.79 Å². The second-order valence-electron chi connectivity index (χ2n) is 6.18. The summed E-state index contributed by atoms with van der Waals surface area (Å²) >= 11 is 0. The molecular formula is C14H27N3O. The van der Waals surface area contributed by atoms with Crippen LogP contribution in [0.5, 0.6) is 0 Å². The first-order chi connectivity index (χ1) is 8.50. The van der Waals surface area contributed by atoms with Gasteiger partial charge in [-0.15, -0.1) is 0 Å². The van der Waals surface area contributed by atoms with Gasteiger partial charge in [0.1, 0.15) is 0 Å². The van der Waals surface area contributed by atoms with Crippen molar-refractivity contribution in [2.75, 3.05) is 20.6 Å². The number of likely N-dealkylation sites (N-methyl/N-ethyl adjacent to an activating group) is 1. The van der Waals surface area contributed by atoms with Crippen LogP contribution in [0.25, 0.3) is 0 Å². The minimum atomic E-state index is -0.221. The van der Waals surface area contributed by atoms with Crippen LogP contribution in [-0.2, 0) is 4.79 Å². The van der Waals surface area contributed by atoms with Gasteiger partial charge in [-0.05, 0) is 40.3 Å². The van der Waals surface area contributed by atoms with Crippen LogP contribution in [0.4, 0.5) is 0 Å². The predicted octanol–water partition coefficient (Wildman–Crippen LogP) is 1.42. The fraction of sp³-hybridized carbons (Fsp3) is 0.929. The Kier molecular flexibility index (Phi) is 3.97. The van der Waals surface area contributed by atoms with E-state index in [1.807, 2.05) is 0 Å². The maximum Gasteiger partial charge on any atom is 0.244 e. The van der Waals surface area contributed by atoms with Gasteiger partial charge in [-0.2, -0.15) is 0 Å². The van der Waals surface area contributed by atoms with E-state index in [1.165, 1.54) is 12.8 Å². The molecule has 4 nitrogen and oxygen atoms in total. The molecule has 1 saturated heterocycles. The molecule has 0 radical (unpaired) electrons. The van der Waals surface area contributed by atoms with Crippen LogP contribution in [0.15, 0.2) is 0 Å². The fourth-order valence-electron chi connectivity index (χ4n) is 3.60. The molecule has 1 saturated carbocycles. The summed E-state index contributed by atoms with van der Waals surface area (Å²) in [6, 6.07) is 0.282. The van der Waals surface area contributed by atoms with E-state index in [2.05, 4.69) is 43.1 Å². The third-order valence-corrected chi connectivity index (χ3v) is 4.37. The van der Waals surface area contributed by atoms with Crippen LogP contribution in [0.2, 0.25) is 0 Å². The Morgan fingerprint density at radius 3 is 2.56 bits per heavy atom. The molecule has 2 fully saturated rings. The molecule has 0 aromatic rings. The van der Waals surface area contributed by atoms with E-state index in [0.29, 0.717) is 5.91 Å². The van der Waals surface area contributed by atoms with Gasteiger partial charge in [0.2, 0.25) is 5.91 Å². The van der Waals surface area contributed by atoms with Crippen LogP contribution in [-0.4, -0.2) is 54.1 Å². The lowest BCUT2D eigenvalue weighted by atomic mass is 9.97. The first-order valence-electron chi connectivity index (χ1n) is 7.25. The van der Waals surface area contributed by atoms with E-state index in [4.69, 9.17) is 0 Å². The average Bonchev–Trinajstić information content (AvgIpc) is 2.86. The predicted molar refractivity (Wildman–Crippen MR) is 73.3 cm³/mol. The van der Waals surface area contributed by atoms with Crippen LogP contribution in [0.3, 0.4) is 0 Å². The van der Waals surface area contributed by atoms with Gasteiger partial charge >= 0.3 is 0 Å². The summed E-state index contributed by atoms with van der Waals surface area (Å²) in [6.07, 6.45) is 5.63. The molecule has 1 aliphatic heterocycles. The SMILES string of the molecule is CCC1NC2(CCCC2)C(=O)N1C(C)CN(C)C. The maximum absolute atomic E-state index is 12.8. The standard InChI is InChI=1S/C14H27N3O/c1-5-12-15-14(8-6-7-9-14)13(18)17(12)11(2)10-16(3)4/h11-12,15H,5-10H2,1-4H3. The van der Waals surface area contributed by atoms with Crippen LogP contribution in [0, 0.1) is 0 Å². The molecule has 18 heavy (non-hydrogen) atoms. The zero-order valence-electron chi connectivity index (χ0n) is 12.2. The van der Waals surface area contributed by atoms with Crippen molar-refractivity contribution in [3.05, 3.63) is 0 Å². The number of carbonyl (C=O) groups is 1. The number of hydrogen-bond acceptors (Lipinski definition) is 3. The van der Waals surface area contributed by atoms with Gasteiger partial charge in [0.05, 0.1) is 11.7 Å². The summed E-state index contributed by atoms with van der Waals surface area (Å²) in [5, 5.41) is 3.63. The minimum absolute atomic E-state index is 0.221. The Morgan fingerprint density at radius 2 is 2.06 bits per heavy atom. The van der Waals surface area contributed by atoms with Crippen LogP contribution >= 0.6 is 0 Å². The van der Waals surface area contributed by atoms with Crippen molar-refractivity contribution in [2.45, 2.75) is 63.7 Å². The number of hydrogen-bond donors (Lipinski definition) is 1. The molecule has 2 unspecified atom stereocenters.